The molecule has 8 heteroatoms. The lowest BCUT2D eigenvalue weighted by atomic mass is 10.1. The molecule has 0 aliphatic rings. The fraction of sp³-hybridized carbons (Fsp3) is 0.300. The summed E-state index contributed by atoms with van der Waals surface area (Å²) < 4.78 is 47.6. The second-order valence-corrected chi connectivity index (χ2v) is 6.00. The molecule has 2 rings (SSSR count). The van der Waals surface area contributed by atoms with Crippen LogP contribution in [0.1, 0.15) is 16.7 Å². The number of aryl methyl sites for hydroxylation is 1. The highest BCUT2D eigenvalue weighted by molar-refractivity contribution is 5.80. The third-order valence-electron chi connectivity index (χ3n) is 3.86. The van der Waals surface area contributed by atoms with Gasteiger partial charge in [0.15, 0.2) is 13.2 Å². The molecule has 150 valence electrons. The van der Waals surface area contributed by atoms with Gasteiger partial charge in [-0.05, 0) is 42.7 Å². The van der Waals surface area contributed by atoms with Crippen LogP contribution in [0.5, 0.6) is 5.75 Å². The first-order valence-corrected chi connectivity index (χ1v) is 8.52. The van der Waals surface area contributed by atoms with Gasteiger partial charge >= 0.3 is 12.1 Å². The number of hydrogen-bond donors (Lipinski definition) is 1. The maximum Gasteiger partial charge on any atom is 0.416 e. The van der Waals surface area contributed by atoms with E-state index in [4.69, 9.17) is 9.47 Å². The minimum Gasteiger partial charge on any atom is -0.482 e. The molecule has 0 unspecified atom stereocenters. The lowest BCUT2D eigenvalue weighted by Crippen LogP contribution is -2.31. The summed E-state index contributed by atoms with van der Waals surface area (Å²) in [5, 5.41) is 2.63. The van der Waals surface area contributed by atoms with Crippen molar-refractivity contribution in [2.75, 3.05) is 19.8 Å². The van der Waals surface area contributed by atoms with Crippen LogP contribution in [-0.2, 0) is 26.9 Å². The molecule has 0 radical (unpaired) electrons. The zero-order valence-corrected chi connectivity index (χ0v) is 15.2. The third kappa shape index (κ3) is 6.94. The second kappa shape index (κ2) is 9.77. The highest BCUT2D eigenvalue weighted by Crippen LogP contribution is 2.31. The molecule has 1 N–H and O–H groups in total. The first kappa shape index (κ1) is 21.3. The van der Waals surface area contributed by atoms with E-state index in [1.807, 2.05) is 31.2 Å². The highest BCUT2D eigenvalue weighted by atomic mass is 19.4. The molecule has 2 aromatic rings. The molecule has 0 atom stereocenters. The van der Waals surface area contributed by atoms with Gasteiger partial charge in [-0.25, -0.2) is 4.79 Å². The van der Waals surface area contributed by atoms with Crippen molar-refractivity contribution >= 4 is 11.9 Å². The predicted molar refractivity (Wildman–Crippen MR) is 95.8 cm³/mol. The van der Waals surface area contributed by atoms with E-state index in [1.54, 1.807) is 0 Å². The summed E-state index contributed by atoms with van der Waals surface area (Å²) in [4.78, 5) is 23.3. The van der Waals surface area contributed by atoms with Crippen LogP contribution < -0.4 is 10.1 Å². The molecule has 0 saturated heterocycles. The van der Waals surface area contributed by atoms with Gasteiger partial charge in [0.05, 0.1) is 5.56 Å². The summed E-state index contributed by atoms with van der Waals surface area (Å²) in [6.07, 6.45) is -3.86. The lowest BCUT2D eigenvalue weighted by molar-refractivity contribution is -0.150. The maximum atomic E-state index is 12.6. The normalized spacial score (nSPS) is 11.0. The summed E-state index contributed by atoms with van der Waals surface area (Å²) in [5.74, 6) is -1.44. The molecule has 28 heavy (non-hydrogen) atoms. The van der Waals surface area contributed by atoms with Crippen LogP contribution in [0, 0.1) is 6.92 Å². The number of carbonyl (C=O) groups excluding carboxylic acids is 2. The highest BCUT2D eigenvalue weighted by Gasteiger charge is 2.30. The maximum absolute atomic E-state index is 12.6. The van der Waals surface area contributed by atoms with E-state index in [0.29, 0.717) is 13.0 Å². The Morgan fingerprint density at radius 2 is 1.79 bits per heavy atom. The molecular formula is C20H20F3NO4. The summed E-state index contributed by atoms with van der Waals surface area (Å²) in [6, 6.07) is 11.9. The number of hydrogen-bond acceptors (Lipinski definition) is 4. The van der Waals surface area contributed by atoms with Crippen LogP contribution in [0.2, 0.25) is 0 Å². The van der Waals surface area contributed by atoms with Gasteiger partial charge < -0.3 is 14.8 Å². The number of ether oxygens (including phenoxy) is 2. The van der Waals surface area contributed by atoms with E-state index in [0.717, 1.165) is 23.3 Å². The Labute approximate surface area is 160 Å². The number of esters is 1. The van der Waals surface area contributed by atoms with Crippen molar-refractivity contribution in [2.24, 2.45) is 0 Å². The molecule has 0 fully saturated rings. The van der Waals surface area contributed by atoms with Gasteiger partial charge in [0, 0.05) is 6.54 Å². The Bertz CT molecular complexity index is 821. The van der Waals surface area contributed by atoms with E-state index >= 15 is 0 Å². The monoisotopic (exact) mass is 395 g/mol. The van der Waals surface area contributed by atoms with Crippen molar-refractivity contribution in [3.63, 3.8) is 0 Å². The fourth-order valence-corrected chi connectivity index (χ4v) is 2.37. The number of nitrogens with one attached hydrogen (secondary N) is 1. The molecule has 0 heterocycles. The number of carbonyl (C=O) groups is 2. The van der Waals surface area contributed by atoms with Crippen LogP contribution in [-0.4, -0.2) is 31.6 Å². The standard InChI is InChI=1S/C20H20F3NO4/c1-14-5-2-3-6-15(14)9-10-24-18(25)12-28-19(26)13-27-17-8-4-7-16(11-17)20(21,22)23/h2-8,11H,9-10,12-13H2,1H3,(H,24,25). The van der Waals surface area contributed by atoms with Gasteiger partial charge in [-0.3, -0.25) is 4.79 Å². The van der Waals surface area contributed by atoms with Crippen molar-refractivity contribution in [1.82, 2.24) is 5.32 Å². The average Bonchev–Trinajstić information content (AvgIpc) is 2.66. The van der Waals surface area contributed by atoms with Crippen LogP contribution in [0.3, 0.4) is 0 Å². The quantitative estimate of drug-likeness (QED) is 0.697. The van der Waals surface area contributed by atoms with Crippen molar-refractivity contribution < 1.29 is 32.2 Å². The molecule has 2 aromatic carbocycles. The minimum absolute atomic E-state index is 0.116. The molecule has 0 bridgehead atoms. The largest absolute Gasteiger partial charge is 0.482 e. The zero-order chi connectivity index (χ0) is 20.6. The Kier molecular flexibility index (Phi) is 7.43. The van der Waals surface area contributed by atoms with Crippen LogP contribution in [0.15, 0.2) is 48.5 Å². The minimum atomic E-state index is -4.50. The summed E-state index contributed by atoms with van der Waals surface area (Å²) in [7, 11) is 0. The first-order valence-electron chi connectivity index (χ1n) is 8.52. The smallest absolute Gasteiger partial charge is 0.416 e. The van der Waals surface area contributed by atoms with Gasteiger partial charge in [-0.2, -0.15) is 13.2 Å². The van der Waals surface area contributed by atoms with Crippen molar-refractivity contribution in [2.45, 2.75) is 19.5 Å². The van der Waals surface area contributed by atoms with E-state index in [2.05, 4.69) is 5.32 Å². The molecule has 0 spiro atoms. The predicted octanol–water partition coefficient (Wildman–Crippen LogP) is 3.29. The van der Waals surface area contributed by atoms with Crippen LogP contribution in [0.25, 0.3) is 0 Å². The Morgan fingerprint density at radius 3 is 2.50 bits per heavy atom. The van der Waals surface area contributed by atoms with Crippen molar-refractivity contribution in [1.29, 1.82) is 0 Å². The average molecular weight is 395 g/mol. The zero-order valence-electron chi connectivity index (χ0n) is 15.2. The van der Waals surface area contributed by atoms with Gasteiger partial charge in [0.2, 0.25) is 0 Å². The molecule has 1 amide bonds. The van der Waals surface area contributed by atoms with E-state index in [-0.39, 0.29) is 5.75 Å². The molecule has 0 aliphatic carbocycles. The number of halogens is 3. The third-order valence-corrected chi connectivity index (χ3v) is 3.86. The van der Waals surface area contributed by atoms with Crippen molar-refractivity contribution in [3.05, 3.63) is 65.2 Å². The number of rotatable bonds is 8. The number of alkyl halides is 3. The topological polar surface area (TPSA) is 64.6 Å². The van der Waals surface area contributed by atoms with E-state index in [9.17, 15) is 22.8 Å². The fourth-order valence-electron chi connectivity index (χ4n) is 2.37. The Balaban J connectivity index is 1.68. The molecule has 0 aliphatic heterocycles. The summed E-state index contributed by atoms with van der Waals surface area (Å²) in [6.45, 7) is 1.28. The second-order valence-electron chi connectivity index (χ2n) is 6.00. The number of amides is 1. The van der Waals surface area contributed by atoms with Crippen LogP contribution >= 0.6 is 0 Å². The van der Waals surface area contributed by atoms with E-state index in [1.165, 1.54) is 12.1 Å². The first-order chi connectivity index (χ1) is 13.3. The molecule has 0 saturated carbocycles. The van der Waals surface area contributed by atoms with Gasteiger partial charge in [-0.1, -0.05) is 30.3 Å². The van der Waals surface area contributed by atoms with Crippen LogP contribution in [0.4, 0.5) is 13.2 Å². The molecular weight excluding hydrogens is 375 g/mol. The molecule has 0 aromatic heterocycles. The summed E-state index contributed by atoms with van der Waals surface area (Å²) in [5.41, 5.74) is 1.34. The SMILES string of the molecule is Cc1ccccc1CCNC(=O)COC(=O)COc1cccc(C(F)(F)F)c1. The Hall–Kier alpha value is -3.03. The van der Waals surface area contributed by atoms with Gasteiger partial charge in [0.25, 0.3) is 5.91 Å². The van der Waals surface area contributed by atoms with E-state index < -0.39 is 36.8 Å². The molecule has 5 nitrogen and oxygen atoms in total. The van der Waals surface area contributed by atoms with Crippen molar-refractivity contribution in [3.8, 4) is 5.75 Å². The van der Waals surface area contributed by atoms with Gasteiger partial charge in [0.1, 0.15) is 5.75 Å². The lowest BCUT2D eigenvalue weighted by Gasteiger charge is -2.10. The summed E-state index contributed by atoms with van der Waals surface area (Å²) >= 11 is 0. The number of benzene rings is 2. The Morgan fingerprint density at radius 1 is 1.04 bits per heavy atom. The van der Waals surface area contributed by atoms with Gasteiger partial charge in [-0.15, -0.1) is 0 Å².